The lowest BCUT2D eigenvalue weighted by molar-refractivity contribution is 0.975. The summed E-state index contributed by atoms with van der Waals surface area (Å²) in [6.45, 7) is 3.48. The normalized spacial score (nSPS) is 11.3. The number of allylic oxidation sites excluding steroid dienone is 1. The van der Waals surface area contributed by atoms with Crippen molar-refractivity contribution in [3.63, 3.8) is 0 Å². The number of nitrogens with one attached hydrogen (secondary N) is 1. The van der Waals surface area contributed by atoms with Gasteiger partial charge >= 0.3 is 0 Å². The van der Waals surface area contributed by atoms with E-state index in [1.165, 1.54) is 0 Å². The Labute approximate surface area is 56.4 Å². The lowest BCUT2D eigenvalue weighted by atomic mass is 10.5. The van der Waals surface area contributed by atoms with E-state index in [2.05, 4.69) is 5.32 Å². The molecule has 0 saturated carbocycles. The van der Waals surface area contributed by atoms with Crippen molar-refractivity contribution >= 4 is 0 Å². The Morgan fingerprint density at radius 2 is 2.22 bits per heavy atom. The first-order chi connectivity index (χ1) is 4.41. The Morgan fingerprint density at radius 1 is 1.44 bits per heavy atom. The molecule has 0 spiro atoms. The molecule has 0 unspecified atom stereocenters. The van der Waals surface area contributed by atoms with Crippen LogP contribution in [0.1, 0.15) is 6.92 Å². The summed E-state index contributed by atoms with van der Waals surface area (Å²) in [7, 11) is 0. The molecule has 0 atom stereocenters. The maximum Gasteiger partial charge on any atom is 0.0325 e. The fourth-order valence-electron chi connectivity index (χ4n) is 0.405. The summed E-state index contributed by atoms with van der Waals surface area (Å²) in [5, 5.41) is 3.04. The van der Waals surface area contributed by atoms with Crippen molar-refractivity contribution in [2.75, 3.05) is 13.1 Å². The van der Waals surface area contributed by atoms with Crippen molar-refractivity contribution in [3.05, 3.63) is 24.4 Å². The van der Waals surface area contributed by atoms with Crippen LogP contribution in [0, 0.1) is 0 Å². The first-order valence-corrected chi connectivity index (χ1v) is 3.11. The molecule has 0 fully saturated rings. The Morgan fingerprint density at radius 3 is 2.78 bits per heavy atom. The van der Waals surface area contributed by atoms with E-state index in [0.717, 1.165) is 6.54 Å². The lowest BCUT2D eigenvalue weighted by Gasteiger charge is -1.90. The van der Waals surface area contributed by atoms with Gasteiger partial charge < -0.3 is 11.1 Å². The maximum atomic E-state index is 5.20. The lowest BCUT2D eigenvalue weighted by Crippen LogP contribution is -2.05. The zero-order chi connectivity index (χ0) is 6.95. The van der Waals surface area contributed by atoms with Crippen LogP contribution in [0.4, 0.5) is 0 Å². The molecular formula is C7H14N2. The van der Waals surface area contributed by atoms with Gasteiger partial charge in [-0.05, 0) is 13.1 Å². The highest BCUT2D eigenvalue weighted by molar-refractivity contribution is 4.86. The monoisotopic (exact) mass is 126 g/mol. The molecule has 0 saturated heterocycles. The van der Waals surface area contributed by atoms with Crippen LogP contribution in [-0.4, -0.2) is 13.1 Å². The molecule has 0 heterocycles. The van der Waals surface area contributed by atoms with Crippen LogP contribution < -0.4 is 11.1 Å². The summed E-state index contributed by atoms with van der Waals surface area (Å²) < 4.78 is 0. The minimum absolute atomic E-state index is 0.600. The molecule has 0 aromatic heterocycles. The third kappa shape index (κ3) is 7.24. The molecule has 2 nitrogen and oxygen atoms in total. The average Bonchev–Trinajstić information content (AvgIpc) is 1.89. The maximum absolute atomic E-state index is 5.20. The van der Waals surface area contributed by atoms with Crippen molar-refractivity contribution in [1.29, 1.82) is 0 Å². The highest BCUT2D eigenvalue weighted by Crippen LogP contribution is 1.67. The van der Waals surface area contributed by atoms with Gasteiger partial charge in [-0.1, -0.05) is 18.2 Å². The number of rotatable bonds is 4. The second-order valence-electron chi connectivity index (χ2n) is 1.62. The molecule has 0 rings (SSSR count). The summed E-state index contributed by atoms with van der Waals surface area (Å²) in [6.07, 6.45) is 7.79. The summed E-state index contributed by atoms with van der Waals surface area (Å²) in [4.78, 5) is 0. The molecule has 0 aliphatic rings. The molecule has 3 N–H and O–H groups in total. The molecule has 0 aromatic carbocycles. The van der Waals surface area contributed by atoms with Gasteiger partial charge in [0.15, 0.2) is 0 Å². The van der Waals surface area contributed by atoms with Crippen LogP contribution >= 0.6 is 0 Å². The van der Waals surface area contributed by atoms with Crippen LogP contribution in [0.25, 0.3) is 0 Å². The van der Waals surface area contributed by atoms with E-state index >= 15 is 0 Å². The van der Waals surface area contributed by atoms with E-state index in [-0.39, 0.29) is 0 Å². The van der Waals surface area contributed by atoms with Crippen LogP contribution in [0.3, 0.4) is 0 Å². The van der Waals surface area contributed by atoms with Gasteiger partial charge in [0.05, 0.1) is 0 Å². The Kier molecular flexibility index (Phi) is 6.63. The largest absolute Gasteiger partial charge is 0.388 e. The predicted octanol–water partition coefficient (Wildman–Crippen LogP) is 0.625. The van der Waals surface area contributed by atoms with E-state index in [1.807, 2.05) is 31.4 Å². The number of nitrogens with two attached hydrogens (primary N) is 1. The first-order valence-electron chi connectivity index (χ1n) is 3.11. The van der Waals surface area contributed by atoms with Crippen molar-refractivity contribution in [3.8, 4) is 0 Å². The third-order valence-corrected chi connectivity index (χ3v) is 0.843. The number of hydrogen-bond donors (Lipinski definition) is 2. The molecule has 52 valence electrons. The van der Waals surface area contributed by atoms with Crippen molar-refractivity contribution in [2.24, 2.45) is 5.73 Å². The van der Waals surface area contributed by atoms with Gasteiger partial charge in [0.25, 0.3) is 0 Å². The van der Waals surface area contributed by atoms with E-state index < -0.39 is 0 Å². The van der Waals surface area contributed by atoms with Gasteiger partial charge in [-0.3, -0.25) is 0 Å². The Balaban J connectivity index is 2.99. The van der Waals surface area contributed by atoms with Gasteiger partial charge in [-0.2, -0.15) is 0 Å². The van der Waals surface area contributed by atoms with E-state index in [4.69, 9.17) is 5.73 Å². The summed E-state index contributed by atoms with van der Waals surface area (Å²) in [6, 6.07) is 0. The molecule has 0 aliphatic heterocycles. The Bertz CT molecular complexity index is 95.1. The van der Waals surface area contributed by atoms with Gasteiger partial charge in [-0.15, -0.1) is 0 Å². The molecule has 0 aliphatic carbocycles. The standard InChI is InChI=1S/C7H14N2/c1-2-3-6-9-7-4-5-8/h2-4,7,9H,5-6,8H2,1H3/b3-2+,7-4+. The van der Waals surface area contributed by atoms with Gasteiger partial charge in [-0.25, -0.2) is 0 Å². The third-order valence-electron chi connectivity index (χ3n) is 0.843. The van der Waals surface area contributed by atoms with E-state index in [9.17, 15) is 0 Å². The minimum Gasteiger partial charge on any atom is -0.388 e. The van der Waals surface area contributed by atoms with Crippen LogP contribution in [0.15, 0.2) is 24.4 Å². The highest BCUT2D eigenvalue weighted by Gasteiger charge is 1.67. The molecule has 0 bridgehead atoms. The molecule has 2 heteroatoms. The summed E-state index contributed by atoms with van der Waals surface area (Å²) in [5.74, 6) is 0. The zero-order valence-electron chi connectivity index (χ0n) is 5.80. The summed E-state index contributed by atoms with van der Waals surface area (Å²) >= 11 is 0. The first kappa shape index (κ1) is 8.24. The fraction of sp³-hybridized carbons (Fsp3) is 0.429. The quantitative estimate of drug-likeness (QED) is 0.428. The molecular weight excluding hydrogens is 112 g/mol. The second kappa shape index (κ2) is 7.24. The number of hydrogen-bond acceptors (Lipinski definition) is 2. The predicted molar refractivity (Wildman–Crippen MR) is 41.0 cm³/mol. The SMILES string of the molecule is C/C=C/CN/C=C/CN. The average molecular weight is 126 g/mol. The molecule has 9 heavy (non-hydrogen) atoms. The van der Waals surface area contributed by atoms with E-state index in [1.54, 1.807) is 0 Å². The zero-order valence-corrected chi connectivity index (χ0v) is 5.80. The molecule has 0 radical (unpaired) electrons. The van der Waals surface area contributed by atoms with Gasteiger partial charge in [0, 0.05) is 13.1 Å². The smallest absolute Gasteiger partial charge is 0.0325 e. The summed E-state index contributed by atoms with van der Waals surface area (Å²) in [5.41, 5.74) is 5.20. The highest BCUT2D eigenvalue weighted by atomic mass is 14.8. The molecule has 0 aromatic rings. The van der Waals surface area contributed by atoms with Gasteiger partial charge in [0.2, 0.25) is 0 Å². The van der Waals surface area contributed by atoms with Crippen LogP contribution in [0.5, 0.6) is 0 Å². The van der Waals surface area contributed by atoms with Crippen molar-refractivity contribution < 1.29 is 0 Å². The molecule has 0 amide bonds. The second-order valence-corrected chi connectivity index (χ2v) is 1.62. The Hall–Kier alpha value is -0.760. The minimum atomic E-state index is 0.600. The topological polar surface area (TPSA) is 38.0 Å². The van der Waals surface area contributed by atoms with Gasteiger partial charge in [0.1, 0.15) is 0 Å². The van der Waals surface area contributed by atoms with Crippen LogP contribution in [-0.2, 0) is 0 Å². The van der Waals surface area contributed by atoms with Crippen LogP contribution in [0.2, 0.25) is 0 Å². The fourth-order valence-corrected chi connectivity index (χ4v) is 0.405. The van der Waals surface area contributed by atoms with Crippen molar-refractivity contribution in [2.45, 2.75) is 6.92 Å². The van der Waals surface area contributed by atoms with Crippen molar-refractivity contribution in [1.82, 2.24) is 5.32 Å². The van der Waals surface area contributed by atoms with E-state index in [0.29, 0.717) is 6.54 Å².